The highest BCUT2D eigenvalue weighted by Crippen LogP contribution is 2.18. The smallest absolute Gasteiger partial charge is 0.191 e. The Balaban J connectivity index is 0.00000280. The van der Waals surface area contributed by atoms with Crippen LogP contribution in [0.2, 0.25) is 0 Å². The molecule has 152 valence electrons. The first kappa shape index (κ1) is 22.5. The molecule has 3 rings (SSSR count). The molecule has 1 saturated heterocycles. The van der Waals surface area contributed by atoms with E-state index in [0.29, 0.717) is 6.54 Å². The van der Waals surface area contributed by atoms with Crippen LogP contribution in [0.5, 0.6) is 0 Å². The number of pyridine rings is 1. The molecule has 1 aliphatic rings. The van der Waals surface area contributed by atoms with Crippen molar-refractivity contribution in [1.29, 1.82) is 0 Å². The lowest BCUT2D eigenvalue weighted by molar-refractivity contribution is 0.743. The van der Waals surface area contributed by atoms with E-state index in [1.54, 1.807) is 0 Å². The summed E-state index contributed by atoms with van der Waals surface area (Å²) in [6.45, 7) is 6.77. The van der Waals surface area contributed by atoms with E-state index >= 15 is 0 Å². The maximum absolute atomic E-state index is 4.74. The lowest BCUT2D eigenvalue weighted by Crippen LogP contribution is -2.37. The second kappa shape index (κ2) is 12.6. The van der Waals surface area contributed by atoms with Gasteiger partial charge < -0.3 is 15.5 Å². The maximum Gasteiger partial charge on any atom is 0.191 e. The van der Waals surface area contributed by atoms with Gasteiger partial charge in [-0.05, 0) is 55.9 Å². The highest BCUT2D eigenvalue weighted by molar-refractivity contribution is 14.0. The summed E-state index contributed by atoms with van der Waals surface area (Å²) in [5.41, 5.74) is 2.58. The van der Waals surface area contributed by atoms with Crippen molar-refractivity contribution in [3.05, 3.63) is 59.8 Å². The van der Waals surface area contributed by atoms with Gasteiger partial charge in [-0.2, -0.15) is 0 Å². The SMILES string of the molecule is CCNC(=NCc1ccnc(N2CCCC2)c1)NCCCc1ccccc1.I. The first-order valence-electron chi connectivity index (χ1n) is 10.1. The summed E-state index contributed by atoms with van der Waals surface area (Å²) in [6, 6.07) is 14.8. The summed E-state index contributed by atoms with van der Waals surface area (Å²) < 4.78 is 0. The number of aliphatic imine (C=N–C) groups is 1. The summed E-state index contributed by atoms with van der Waals surface area (Å²) >= 11 is 0. The number of halogens is 1. The van der Waals surface area contributed by atoms with Gasteiger partial charge >= 0.3 is 0 Å². The van der Waals surface area contributed by atoms with Crippen molar-refractivity contribution in [3.8, 4) is 0 Å². The Hall–Kier alpha value is -1.83. The van der Waals surface area contributed by atoms with E-state index in [1.165, 1.54) is 24.0 Å². The van der Waals surface area contributed by atoms with Crippen LogP contribution in [0.25, 0.3) is 0 Å². The number of aromatic nitrogens is 1. The molecule has 2 aromatic rings. The predicted octanol–water partition coefficient (Wildman–Crippen LogP) is 3.99. The summed E-state index contributed by atoms with van der Waals surface area (Å²) in [5, 5.41) is 6.78. The Morgan fingerprint density at radius 1 is 1.07 bits per heavy atom. The summed E-state index contributed by atoms with van der Waals surface area (Å²) in [6.07, 6.45) is 6.60. The number of rotatable bonds is 8. The highest BCUT2D eigenvalue weighted by Gasteiger charge is 2.13. The maximum atomic E-state index is 4.74. The summed E-state index contributed by atoms with van der Waals surface area (Å²) in [7, 11) is 0. The molecule has 1 fully saturated rings. The van der Waals surface area contributed by atoms with Gasteiger partial charge in [0.15, 0.2) is 5.96 Å². The first-order valence-corrected chi connectivity index (χ1v) is 10.1. The lowest BCUT2D eigenvalue weighted by Gasteiger charge is -2.16. The lowest BCUT2D eigenvalue weighted by atomic mass is 10.1. The van der Waals surface area contributed by atoms with Crippen LogP contribution >= 0.6 is 24.0 Å². The number of hydrogen-bond donors (Lipinski definition) is 2. The number of nitrogens with zero attached hydrogens (tertiary/aromatic N) is 3. The minimum Gasteiger partial charge on any atom is -0.357 e. The van der Waals surface area contributed by atoms with E-state index < -0.39 is 0 Å². The topological polar surface area (TPSA) is 52.6 Å². The van der Waals surface area contributed by atoms with Crippen LogP contribution in [0.4, 0.5) is 5.82 Å². The molecule has 1 aliphatic heterocycles. The van der Waals surface area contributed by atoms with E-state index in [1.807, 2.05) is 6.20 Å². The van der Waals surface area contributed by atoms with Crippen LogP contribution in [0, 0.1) is 0 Å². The van der Waals surface area contributed by atoms with Crippen molar-refractivity contribution in [3.63, 3.8) is 0 Å². The van der Waals surface area contributed by atoms with Gasteiger partial charge in [-0.15, -0.1) is 24.0 Å². The van der Waals surface area contributed by atoms with E-state index in [9.17, 15) is 0 Å². The van der Waals surface area contributed by atoms with E-state index in [0.717, 1.165) is 50.8 Å². The van der Waals surface area contributed by atoms with Gasteiger partial charge in [0, 0.05) is 32.4 Å². The molecule has 0 radical (unpaired) electrons. The van der Waals surface area contributed by atoms with Crippen molar-refractivity contribution in [2.75, 3.05) is 31.1 Å². The molecule has 1 aromatic heterocycles. The molecule has 0 unspecified atom stereocenters. The van der Waals surface area contributed by atoms with Gasteiger partial charge in [0.25, 0.3) is 0 Å². The largest absolute Gasteiger partial charge is 0.357 e. The fourth-order valence-corrected chi connectivity index (χ4v) is 3.33. The van der Waals surface area contributed by atoms with Crippen molar-refractivity contribution in [2.45, 2.75) is 39.2 Å². The van der Waals surface area contributed by atoms with Gasteiger partial charge in [0.2, 0.25) is 0 Å². The monoisotopic (exact) mass is 493 g/mol. The molecule has 0 atom stereocenters. The Morgan fingerprint density at radius 3 is 2.61 bits per heavy atom. The second-order valence-electron chi connectivity index (χ2n) is 6.93. The van der Waals surface area contributed by atoms with Crippen LogP contribution < -0.4 is 15.5 Å². The molecule has 0 spiro atoms. The van der Waals surface area contributed by atoms with Gasteiger partial charge in [-0.25, -0.2) is 9.98 Å². The zero-order valence-electron chi connectivity index (χ0n) is 16.7. The summed E-state index contributed by atoms with van der Waals surface area (Å²) in [5.74, 6) is 1.96. The Bertz CT molecular complexity index is 714. The average Bonchev–Trinajstić information content (AvgIpc) is 3.25. The zero-order valence-corrected chi connectivity index (χ0v) is 19.1. The Kier molecular flexibility index (Phi) is 10.1. The Morgan fingerprint density at radius 2 is 1.86 bits per heavy atom. The molecule has 2 heterocycles. The minimum atomic E-state index is 0. The number of nitrogens with one attached hydrogen (secondary N) is 2. The number of guanidine groups is 1. The number of benzene rings is 1. The minimum absolute atomic E-state index is 0. The number of anilines is 1. The molecular formula is C22H32IN5. The summed E-state index contributed by atoms with van der Waals surface area (Å²) in [4.78, 5) is 11.6. The van der Waals surface area contributed by atoms with Crippen molar-refractivity contribution >= 4 is 35.8 Å². The fraction of sp³-hybridized carbons (Fsp3) is 0.455. The third kappa shape index (κ3) is 7.30. The van der Waals surface area contributed by atoms with Gasteiger partial charge in [-0.1, -0.05) is 30.3 Å². The molecule has 2 N–H and O–H groups in total. The van der Waals surface area contributed by atoms with Crippen molar-refractivity contribution in [2.24, 2.45) is 4.99 Å². The predicted molar refractivity (Wildman–Crippen MR) is 129 cm³/mol. The van der Waals surface area contributed by atoms with Gasteiger partial charge in [0.05, 0.1) is 6.54 Å². The van der Waals surface area contributed by atoms with E-state index in [-0.39, 0.29) is 24.0 Å². The average molecular weight is 493 g/mol. The third-order valence-corrected chi connectivity index (χ3v) is 4.78. The van der Waals surface area contributed by atoms with Crippen LogP contribution in [-0.2, 0) is 13.0 Å². The van der Waals surface area contributed by atoms with E-state index in [4.69, 9.17) is 4.99 Å². The standard InChI is InChI=1S/C22H31N5.HI/c1-2-23-22(25-13-8-11-19-9-4-3-5-10-19)26-18-20-12-14-24-21(17-20)27-15-6-7-16-27;/h3-5,9-10,12,14,17H,2,6-8,11,13,15-16,18H2,1H3,(H2,23,25,26);1H. The Labute approximate surface area is 186 Å². The van der Waals surface area contributed by atoms with E-state index in [2.05, 4.69) is 69.9 Å². The number of aryl methyl sites for hydroxylation is 1. The molecule has 5 nitrogen and oxygen atoms in total. The number of hydrogen-bond acceptors (Lipinski definition) is 3. The van der Waals surface area contributed by atoms with Gasteiger partial charge in [0.1, 0.15) is 5.82 Å². The molecule has 0 bridgehead atoms. The van der Waals surface area contributed by atoms with Crippen LogP contribution in [0.1, 0.15) is 37.3 Å². The highest BCUT2D eigenvalue weighted by atomic mass is 127. The molecule has 0 amide bonds. The van der Waals surface area contributed by atoms with Crippen LogP contribution in [-0.4, -0.2) is 37.1 Å². The van der Waals surface area contributed by atoms with Crippen LogP contribution in [0.3, 0.4) is 0 Å². The quantitative estimate of drug-likeness (QED) is 0.253. The third-order valence-electron chi connectivity index (χ3n) is 4.78. The fourth-order valence-electron chi connectivity index (χ4n) is 3.33. The van der Waals surface area contributed by atoms with Crippen molar-refractivity contribution in [1.82, 2.24) is 15.6 Å². The van der Waals surface area contributed by atoms with Crippen LogP contribution in [0.15, 0.2) is 53.7 Å². The molecular weight excluding hydrogens is 461 g/mol. The van der Waals surface area contributed by atoms with Gasteiger partial charge in [-0.3, -0.25) is 0 Å². The molecule has 6 heteroatoms. The molecule has 0 aliphatic carbocycles. The molecule has 0 saturated carbocycles. The molecule has 28 heavy (non-hydrogen) atoms. The zero-order chi connectivity index (χ0) is 18.7. The van der Waals surface area contributed by atoms with Crippen molar-refractivity contribution < 1.29 is 0 Å². The second-order valence-corrected chi connectivity index (χ2v) is 6.93. The molecule has 1 aromatic carbocycles. The normalized spacial score (nSPS) is 13.9. The first-order chi connectivity index (χ1) is 13.3.